The molecule has 0 aliphatic carbocycles. The highest BCUT2D eigenvalue weighted by Crippen LogP contribution is 2.09. The van der Waals surface area contributed by atoms with E-state index in [-0.39, 0.29) is 11.7 Å². The third kappa shape index (κ3) is 3.01. The van der Waals surface area contributed by atoms with Crippen LogP contribution in [0.1, 0.15) is 16.1 Å². The molecule has 2 rings (SSSR count). The predicted octanol–water partition coefficient (Wildman–Crippen LogP) is 1.11. The van der Waals surface area contributed by atoms with Crippen molar-refractivity contribution < 1.29 is 9.90 Å². The van der Waals surface area contributed by atoms with Gasteiger partial charge in [0.2, 0.25) is 0 Å². The number of hydrogen-bond acceptors (Lipinski definition) is 4. The molecule has 17 heavy (non-hydrogen) atoms. The first-order valence-corrected chi connectivity index (χ1v) is 5.09. The van der Waals surface area contributed by atoms with Crippen molar-refractivity contribution in [3.8, 4) is 5.75 Å². The zero-order valence-corrected chi connectivity index (χ0v) is 9.00. The van der Waals surface area contributed by atoms with Crippen molar-refractivity contribution in [2.24, 2.45) is 0 Å². The van der Waals surface area contributed by atoms with E-state index in [9.17, 15) is 4.79 Å². The largest absolute Gasteiger partial charge is 0.508 e. The van der Waals surface area contributed by atoms with Gasteiger partial charge in [-0.3, -0.25) is 4.79 Å². The van der Waals surface area contributed by atoms with Gasteiger partial charge < -0.3 is 10.4 Å². The van der Waals surface area contributed by atoms with Gasteiger partial charge in [-0.15, -0.1) is 0 Å². The highest BCUT2D eigenvalue weighted by atomic mass is 16.3. The van der Waals surface area contributed by atoms with Crippen molar-refractivity contribution in [2.45, 2.75) is 6.54 Å². The molecule has 1 amide bonds. The van der Waals surface area contributed by atoms with E-state index in [1.165, 1.54) is 12.1 Å². The lowest BCUT2D eigenvalue weighted by molar-refractivity contribution is 0.0950. The van der Waals surface area contributed by atoms with Crippen LogP contribution in [0.4, 0.5) is 0 Å². The lowest BCUT2D eigenvalue weighted by Gasteiger charge is -2.04. The van der Waals surface area contributed by atoms with Crippen LogP contribution in [0.3, 0.4) is 0 Å². The Morgan fingerprint density at radius 3 is 2.65 bits per heavy atom. The Hall–Kier alpha value is -2.43. The summed E-state index contributed by atoms with van der Waals surface area (Å²) in [5, 5.41) is 19.4. The summed E-state index contributed by atoms with van der Waals surface area (Å²) in [4.78, 5) is 11.7. The minimum Gasteiger partial charge on any atom is -0.508 e. The van der Waals surface area contributed by atoms with Crippen LogP contribution in [0.25, 0.3) is 0 Å². The lowest BCUT2D eigenvalue weighted by Crippen LogP contribution is -2.23. The first-order chi connectivity index (χ1) is 8.25. The average Bonchev–Trinajstić information content (AvgIpc) is 2.38. The van der Waals surface area contributed by atoms with Crippen molar-refractivity contribution in [2.75, 3.05) is 0 Å². The molecule has 0 aliphatic heterocycles. The Morgan fingerprint density at radius 1 is 1.24 bits per heavy atom. The third-order valence-electron chi connectivity index (χ3n) is 2.19. The second-order valence-corrected chi connectivity index (χ2v) is 3.44. The van der Waals surface area contributed by atoms with Crippen LogP contribution >= 0.6 is 0 Å². The first kappa shape index (κ1) is 11.1. The van der Waals surface area contributed by atoms with Crippen LogP contribution in [0.15, 0.2) is 42.6 Å². The molecule has 0 spiro atoms. The number of carbonyl (C=O) groups excluding carboxylic acids is 1. The van der Waals surface area contributed by atoms with Crippen LogP contribution in [0.2, 0.25) is 0 Å². The fourth-order valence-corrected chi connectivity index (χ4v) is 1.31. The minimum absolute atomic E-state index is 0.135. The summed E-state index contributed by atoms with van der Waals surface area (Å²) in [5.74, 6) is -0.0777. The molecule has 2 N–H and O–H groups in total. The van der Waals surface area contributed by atoms with Gasteiger partial charge in [0.1, 0.15) is 5.75 Å². The van der Waals surface area contributed by atoms with Crippen LogP contribution in [-0.2, 0) is 6.54 Å². The van der Waals surface area contributed by atoms with Crippen molar-refractivity contribution in [1.29, 1.82) is 0 Å². The first-order valence-electron chi connectivity index (χ1n) is 5.09. The average molecular weight is 229 g/mol. The van der Waals surface area contributed by atoms with E-state index >= 15 is 0 Å². The van der Waals surface area contributed by atoms with Gasteiger partial charge >= 0.3 is 0 Å². The molecule has 1 aromatic carbocycles. The molecule has 0 fully saturated rings. The number of hydrogen-bond donors (Lipinski definition) is 2. The highest BCUT2D eigenvalue weighted by Gasteiger charge is 2.05. The maximum absolute atomic E-state index is 11.7. The number of benzene rings is 1. The summed E-state index contributed by atoms with van der Waals surface area (Å²) >= 11 is 0. The predicted molar refractivity (Wildman–Crippen MR) is 61.3 cm³/mol. The van der Waals surface area contributed by atoms with E-state index in [1.54, 1.807) is 30.5 Å². The maximum Gasteiger partial charge on any atom is 0.251 e. The number of phenolic OH excluding ortho intramolecular Hbond substituents is 1. The number of carbonyl (C=O) groups is 1. The zero-order chi connectivity index (χ0) is 12.1. The summed E-state index contributed by atoms with van der Waals surface area (Å²) < 4.78 is 0. The SMILES string of the molecule is O=C(NCc1cccnn1)c1ccc(O)cc1. The van der Waals surface area contributed by atoms with Gasteiger partial charge in [-0.2, -0.15) is 10.2 Å². The minimum atomic E-state index is -0.212. The van der Waals surface area contributed by atoms with Crippen molar-refractivity contribution in [1.82, 2.24) is 15.5 Å². The second kappa shape index (κ2) is 5.07. The molecule has 1 heterocycles. The Balaban J connectivity index is 1.96. The smallest absolute Gasteiger partial charge is 0.251 e. The van der Waals surface area contributed by atoms with E-state index in [0.717, 1.165) is 0 Å². The lowest BCUT2D eigenvalue weighted by atomic mass is 10.2. The Kier molecular flexibility index (Phi) is 3.30. The number of rotatable bonds is 3. The molecule has 2 aromatic rings. The second-order valence-electron chi connectivity index (χ2n) is 3.44. The summed E-state index contributed by atoms with van der Waals surface area (Å²) in [6.45, 7) is 0.327. The molecule has 5 nitrogen and oxygen atoms in total. The van der Waals surface area contributed by atoms with E-state index in [4.69, 9.17) is 5.11 Å². The fraction of sp³-hybridized carbons (Fsp3) is 0.0833. The van der Waals surface area contributed by atoms with Crippen LogP contribution in [0.5, 0.6) is 5.75 Å². The topological polar surface area (TPSA) is 75.1 Å². The molecule has 0 radical (unpaired) electrons. The molecule has 0 saturated carbocycles. The van der Waals surface area contributed by atoms with Gasteiger partial charge in [0.15, 0.2) is 0 Å². The Bertz CT molecular complexity index is 497. The Labute approximate surface area is 98.1 Å². The quantitative estimate of drug-likeness (QED) is 0.826. The zero-order valence-electron chi connectivity index (χ0n) is 9.00. The van der Waals surface area contributed by atoms with Gasteiger partial charge in [-0.1, -0.05) is 0 Å². The van der Waals surface area contributed by atoms with Crippen LogP contribution in [0, 0.1) is 0 Å². The van der Waals surface area contributed by atoms with Gasteiger partial charge in [-0.05, 0) is 36.4 Å². The van der Waals surface area contributed by atoms with E-state index < -0.39 is 0 Å². The maximum atomic E-state index is 11.7. The summed E-state index contributed by atoms with van der Waals surface area (Å²) in [6, 6.07) is 9.59. The number of nitrogens with one attached hydrogen (secondary N) is 1. The van der Waals surface area contributed by atoms with Gasteiger partial charge in [0.05, 0.1) is 12.2 Å². The van der Waals surface area contributed by atoms with E-state index in [1.807, 2.05) is 0 Å². The van der Waals surface area contributed by atoms with Crippen LogP contribution < -0.4 is 5.32 Å². The molecule has 0 aliphatic rings. The highest BCUT2D eigenvalue weighted by molar-refractivity contribution is 5.94. The molecule has 0 saturated heterocycles. The van der Waals surface area contributed by atoms with E-state index in [0.29, 0.717) is 17.8 Å². The number of aromatic nitrogens is 2. The molecule has 86 valence electrons. The number of aromatic hydroxyl groups is 1. The van der Waals surface area contributed by atoms with Crippen LogP contribution in [-0.4, -0.2) is 21.2 Å². The monoisotopic (exact) mass is 229 g/mol. The molecule has 1 aromatic heterocycles. The molecular formula is C12H11N3O2. The molecule has 5 heteroatoms. The summed E-state index contributed by atoms with van der Waals surface area (Å²) in [5.41, 5.74) is 1.19. The van der Waals surface area contributed by atoms with Gasteiger partial charge in [-0.25, -0.2) is 0 Å². The summed E-state index contributed by atoms with van der Waals surface area (Å²) in [7, 11) is 0. The summed E-state index contributed by atoms with van der Waals surface area (Å²) in [6.07, 6.45) is 1.57. The standard InChI is InChI=1S/C12H11N3O2/c16-11-5-3-9(4-6-11)12(17)13-8-10-2-1-7-14-15-10/h1-7,16H,8H2,(H,13,17). The van der Waals surface area contributed by atoms with Gasteiger partial charge in [0, 0.05) is 11.8 Å². The molecular weight excluding hydrogens is 218 g/mol. The third-order valence-corrected chi connectivity index (χ3v) is 2.19. The number of phenols is 1. The number of nitrogens with zero attached hydrogens (tertiary/aromatic N) is 2. The molecule has 0 bridgehead atoms. The molecule has 0 unspecified atom stereocenters. The molecule has 0 atom stereocenters. The normalized spacial score (nSPS) is 9.88. The van der Waals surface area contributed by atoms with Crippen molar-refractivity contribution in [3.63, 3.8) is 0 Å². The fourth-order valence-electron chi connectivity index (χ4n) is 1.31. The van der Waals surface area contributed by atoms with E-state index in [2.05, 4.69) is 15.5 Å². The Morgan fingerprint density at radius 2 is 2.00 bits per heavy atom. The van der Waals surface area contributed by atoms with Crippen molar-refractivity contribution in [3.05, 3.63) is 53.9 Å². The van der Waals surface area contributed by atoms with Gasteiger partial charge in [0.25, 0.3) is 5.91 Å². The van der Waals surface area contributed by atoms with Crippen molar-refractivity contribution >= 4 is 5.91 Å². The number of amides is 1.